The van der Waals surface area contributed by atoms with Crippen LogP contribution in [0.25, 0.3) is 22.0 Å². The van der Waals surface area contributed by atoms with E-state index in [1.54, 1.807) is 4.90 Å². The van der Waals surface area contributed by atoms with E-state index in [1.807, 2.05) is 9.80 Å². The molecule has 210 valence electrons. The highest BCUT2D eigenvalue weighted by molar-refractivity contribution is 6.34. The van der Waals surface area contributed by atoms with Crippen LogP contribution in [0.5, 0.6) is 5.75 Å². The van der Waals surface area contributed by atoms with E-state index in [1.165, 1.54) is 43.5 Å². The Kier molecular flexibility index (Phi) is 7.22. The molecule has 11 heteroatoms. The highest BCUT2D eigenvalue weighted by Gasteiger charge is 2.35. The zero-order valence-electron chi connectivity index (χ0n) is 22.1. The van der Waals surface area contributed by atoms with Gasteiger partial charge in [0.15, 0.2) is 5.82 Å². The van der Waals surface area contributed by atoms with Crippen molar-refractivity contribution in [2.24, 2.45) is 0 Å². The number of anilines is 2. The second kappa shape index (κ2) is 10.8. The van der Waals surface area contributed by atoms with Crippen LogP contribution in [0.15, 0.2) is 36.9 Å². The molecule has 1 N–H and O–H groups in total. The van der Waals surface area contributed by atoms with E-state index in [0.717, 1.165) is 32.2 Å². The number of aromatic hydroxyl groups is 1. The third-order valence-electron chi connectivity index (χ3n) is 8.21. The first-order valence-electron chi connectivity index (χ1n) is 13.7. The highest BCUT2D eigenvalue weighted by Crippen LogP contribution is 2.43. The van der Waals surface area contributed by atoms with Crippen LogP contribution in [0.4, 0.5) is 20.5 Å². The number of rotatable bonds is 5. The van der Waals surface area contributed by atoms with E-state index in [-0.39, 0.29) is 27.6 Å². The zero-order valence-corrected chi connectivity index (χ0v) is 22.9. The van der Waals surface area contributed by atoms with Gasteiger partial charge in [-0.15, -0.1) is 0 Å². The summed E-state index contributed by atoms with van der Waals surface area (Å²) < 4.78 is 31.1. The highest BCUT2D eigenvalue weighted by atomic mass is 35.5. The molecule has 1 amide bonds. The number of piperazine rings is 1. The SMILES string of the molecule is C=CC(=O)N1CCN(c2nc(N3CC(N4CCCCC4)C3)nc3c(F)c(-c4c(O)cccc4F)c(Cl)cc23)CC1. The molecule has 3 aliphatic heterocycles. The molecular weight excluding hydrogens is 538 g/mol. The molecule has 2 aromatic carbocycles. The van der Waals surface area contributed by atoms with Crippen molar-refractivity contribution in [2.75, 3.05) is 62.2 Å². The van der Waals surface area contributed by atoms with Gasteiger partial charge in [-0.1, -0.05) is 30.7 Å². The van der Waals surface area contributed by atoms with Crippen molar-refractivity contribution in [3.05, 3.63) is 53.6 Å². The minimum Gasteiger partial charge on any atom is -0.507 e. The van der Waals surface area contributed by atoms with Crippen LogP contribution in [0.3, 0.4) is 0 Å². The number of hydrogen-bond acceptors (Lipinski definition) is 7. The Morgan fingerprint density at radius 2 is 1.73 bits per heavy atom. The quantitative estimate of drug-likeness (QED) is 0.456. The van der Waals surface area contributed by atoms with Crippen molar-refractivity contribution in [1.82, 2.24) is 19.8 Å². The number of fused-ring (bicyclic) bond motifs is 1. The topological polar surface area (TPSA) is 76.0 Å². The van der Waals surface area contributed by atoms with Gasteiger partial charge in [0.1, 0.15) is 22.9 Å². The second-order valence-corrected chi connectivity index (χ2v) is 11.0. The summed E-state index contributed by atoms with van der Waals surface area (Å²) in [6.07, 6.45) is 4.96. The van der Waals surface area contributed by atoms with Gasteiger partial charge >= 0.3 is 0 Å². The molecule has 0 aliphatic carbocycles. The molecule has 0 spiro atoms. The Labute approximate surface area is 236 Å². The Morgan fingerprint density at radius 3 is 2.40 bits per heavy atom. The fourth-order valence-electron chi connectivity index (χ4n) is 5.94. The van der Waals surface area contributed by atoms with Crippen LogP contribution in [-0.2, 0) is 4.79 Å². The lowest BCUT2D eigenvalue weighted by Crippen LogP contribution is -2.61. The van der Waals surface area contributed by atoms with E-state index in [2.05, 4.69) is 16.5 Å². The van der Waals surface area contributed by atoms with Crippen molar-refractivity contribution in [1.29, 1.82) is 0 Å². The normalized spacial score (nSPS) is 18.7. The Morgan fingerprint density at radius 1 is 1.00 bits per heavy atom. The van der Waals surface area contributed by atoms with Gasteiger partial charge in [-0.2, -0.15) is 4.98 Å². The Hall–Kier alpha value is -3.50. The van der Waals surface area contributed by atoms with Crippen LogP contribution < -0.4 is 9.80 Å². The van der Waals surface area contributed by atoms with Crippen LogP contribution in [0, 0.1) is 11.6 Å². The van der Waals surface area contributed by atoms with Crippen LogP contribution >= 0.6 is 11.6 Å². The number of hydrogen-bond donors (Lipinski definition) is 1. The molecule has 40 heavy (non-hydrogen) atoms. The predicted octanol–water partition coefficient (Wildman–Crippen LogP) is 4.44. The van der Waals surface area contributed by atoms with Crippen LogP contribution in [0.1, 0.15) is 19.3 Å². The monoisotopic (exact) mass is 568 g/mol. The van der Waals surface area contributed by atoms with Crippen molar-refractivity contribution in [3.63, 3.8) is 0 Å². The molecule has 1 aromatic heterocycles. The minimum atomic E-state index is -0.818. The number of aromatic nitrogens is 2. The summed E-state index contributed by atoms with van der Waals surface area (Å²) in [5.74, 6) is -1.25. The summed E-state index contributed by atoms with van der Waals surface area (Å²) in [7, 11) is 0. The van der Waals surface area contributed by atoms with Gasteiger partial charge < -0.3 is 19.8 Å². The molecule has 0 atom stereocenters. The number of nitrogens with zero attached hydrogens (tertiary/aromatic N) is 6. The van der Waals surface area contributed by atoms with Gasteiger partial charge in [0, 0.05) is 56.3 Å². The van der Waals surface area contributed by atoms with E-state index in [4.69, 9.17) is 16.6 Å². The lowest BCUT2D eigenvalue weighted by molar-refractivity contribution is -0.126. The van der Waals surface area contributed by atoms with Gasteiger partial charge in [-0.3, -0.25) is 9.69 Å². The summed E-state index contributed by atoms with van der Waals surface area (Å²) >= 11 is 6.56. The molecule has 0 radical (unpaired) electrons. The fourth-order valence-corrected chi connectivity index (χ4v) is 6.23. The first-order valence-corrected chi connectivity index (χ1v) is 14.1. The van der Waals surface area contributed by atoms with Gasteiger partial charge in [-0.05, 0) is 50.2 Å². The molecule has 0 bridgehead atoms. The molecule has 3 aliphatic rings. The van der Waals surface area contributed by atoms with Gasteiger partial charge in [0.05, 0.1) is 10.6 Å². The van der Waals surface area contributed by atoms with Gasteiger partial charge in [-0.25, -0.2) is 13.8 Å². The van der Waals surface area contributed by atoms with Crippen molar-refractivity contribution in [3.8, 4) is 16.9 Å². The molecule has 0 saturated carbocycles. The number of piperidine rings is 1. The Balaban J connectivity index is 1.42. The molecule has 6 rings (SSSR count). The number of carbonyl (C=O) groups is 1. The minimum absolute atomic E-state index is 0.00748. The number of carbonyl (C=O) groups excluding carboxylic acids is 1. The largest absolute Gasteiger partial charge is 0.507 e. The lowest BCUT2D eigenvalue weighted by atomic mass is 10.0. The number of amides is 1. The number of benzene rings is 2. The summed E-state index contributed by atoms with van der Waals surface area (Å²) in [5, 5.41) is 10.7. The molecule has 3 fully saturated rings. The number of phenolic OH excluding ortho intramolecular Hbond substituents is 1. The third kappa shape index (κ3) is 4.73. The predicted molar refractivity (Wildman–Crippen MR) is 152 cm³/mol. The fraction of sp³-hybridized carbons (Fsp3) is 0.414. The maximum Gasteiger partial charge on any atom is 0.246 e. The van der Waals surface area contributed by atoms with E-state index in [0.29, 0.717) is 49.4 Å². The standard InChI is InChI=1S/C29H31ClF2N6O2/c1-2-23(40)36-11-13-37(14-12-36)28-19-15-20(30)24(25-21(31)7-6-8-22(25)39)26(32)27(19)33-29(34-28)38-16-18(17-38)35-9-4-3-5-10-35/h2,6-8,15,18,39H,1,3-5,9-14,16-17H2. The number of phenols is 1. The van der Waals surface area contributed by atoms with Crippen molar-refractivity contribution < 1.29 is 18.7 Å². The third-order valence-corrected chi connectivity index (χ3v) is 8.51. The first kappa shape index (κ1) is 26.7. The number of halogens is 3. The lowest BCUT2D eigenvalue weighted by Gasteiger charge is -2.47. The van der Waals surface area contributed by atoms with Gasteiger partial charge in [0.25, 0.3) is 0 Å². The maximum absolute atomic E-state index is 16.3. The molecule has 8 nitrogen and oxygen atoms in total. The first-order chi connectivity index (χ1) is 19.4. The van der Waals surface area contributed by atoms with E-state index >= 15 is 4.39 Å². The van der Waals surface area contributed by atoms with Crippen LogP contribution in [-0.4, -0.2) is 89.2 Å². The molecule has 0 unspecified atom stereocenters. The molecular formula is C29H31ClF2N6O2. The van der Waals surface area contributed by atoms with Crippen LogP contribution in [0.2, 0.25) is 5.02 Å². The second-order valence-electron chi connectivity index (χ2n) is 10.6. The maximum atomic E-state index is 16.3. The summed E-state index contributed by atoms with van der Waals surface area (Å²) in [5.41, 5.74) is -0.538. The average molecular weight is 569 g/mol. The number of likely N-dealkylation sites (tertiary alicyclic amines) is 1. The molecule has 3 aromatic rings. The van der Waals surface area contributed by atoms with Crippen molar-refractivity contribution in [2.45, 2.75) is 25.3 Å². The Bertz CT molecular complexity index is 1450. The summed E-state index contributed by atoms with van der Waals surface area (Å²) in [6, 6.07) is 5.72. The molecule has 4 heterocycles. The average Bonchev–Trinajstić information content (AvgIpc) is 2.94. The van der Waals surface area contributed by atoms with Crippen molar-refractivity contribution >= 4 is 40.2 Å². The van der Waals surface area contributed by atoms with E-state index in [9.17, 15) is 14.3 Å². The summed E-state index contributed by atoms with van der Waals surface area (Å²) in [6.45, 7) is 9.10. The van der Waals surface area contributed by atoms with E-state index < -0.39 is 17.4 Å². The zero-order chi connectivity index (χ0) is 28.0. The summed E-state index contributed by atoms with van der Waals surface area (Å²) in [4.78, 5) is 29.9. The molecule has 3 saturated heterocycles. The van der Waals surface area contributed by atoms with Gasteiger partial charge in [0.2, 0.25) is 11.9 Å². The smallest absolute Gasteiger partial charge is 0.246 e.